The number of nitrogen functional groups attached to an aromatic ring is 1. The third-order valence-electron chi connectivity index (χ3n) is 6.38. The molecule has 33 heavy (non-hydrogen) atoms. The predicted molar refractivity (Wildman–Crippen MR) is 138 cm³/mol. The van der Waals surface area contributed by atoms with Crippen LogP contribution in [0.3, 0.4) is 0 Å². The van der Waals surface area contributed by atoms with Crippen LogP contribution in [-0.2, 0) is 7.05 Å². The number of thioether (sulfide) groups is 1. The first-order valence-electron chi connectivity index (χ1n) is 11.5. The molecule has 0 bridgehead atoms. The summed E-state index contributed by atoms with van der Waals surface area (Å²) in [6.07, 6.45) is 5.20. The molecule has 0 aliphatic carbocycles. The number of fused-ring (bicyclic) bond motifs is 1. The van der Waals surface area contributed by atoms with Crippen LogP contribution in [0.2, 0.25) is 0 Å². The summed E-state index contributed by atoms with van der Waals surface area (Å²) in [5.41, 5.74) is 9.53. The summed E-state index contributed by atoms with van der Waals surface area (Å²) in [4.78, 5) is 16.6. The predicted octanol–water partition coefficient (Wildman–Crippen LogP) is 4.77. The number of likely N-dealkylation sites (tertiary alicyclic amines) is 1. The van der Waals surface area contributed by atoms with Crippen LogP contribution in [-0.4, -0.2) is 49.1 Å². The summed E-state index contributed by atoms with van der Waals surface area (Å²) in [6.45, 7) is 3.64. The summed E-state index contributed by atoms with van der Waals surface area (Å²) in [7, 11) is 5.10. The Kier molecular flexibility index (Phi) is 7.50. The van der Waals surface area contributed by atoms with E-state index in [1.807, 2.05) is 29.8 Å². The normalized spacial score (nSPS) is 14.5. The molecular weight excluding hydrogens is 434 g/mol. The first kappa shape index (κ1) is 23.5. The van der Waals surface area contributed by atoms with E-state index in [-0.39, 0.29) is 5.43 Å². The molecule has 176 valence electrons. The largest absolute Gasteiger partial charge is 0.497 e. The first-order valence-corrected chi connectivity index (χ1v) is 12.5. The first-order chi connectivity index (χ1) is 16.0. The number of methoxy groups -OCH3 is 2. The molecule has 0 spiro atoms. The third kappa shape index (κ3) is 5.14. The number of aryl methyl sites for hydroxylation is 1. The van der Waals surface area contributed by atoms with E-state index in [0.717, 1.165) is 46.1 Å². The van der Waals surface area contributed by atoms with Crippen LogP contribution in [0.25, 0.3) is 22.2 Å². The van der Waals surface area contributed by atoms with Crippen molar-refractivity contribution < 1.29 is 9.47 Å². The summed E-state index contributed by atoms with van der Waals surface area (Å²) in [5.74, 6) is 2.20. The highest BCUT2D eigenvalue weighted by molar-refractivity contribution is 7.99. The van der Waals surface area contributed by atoms with Crippen LogP contribution >= 0.6 is 11.8 Å². The van der Waals surface area contributed by atoms with Crippen molar-refractivity contribution in [3.05, 3.63) is 46.6 Å². The molecule has 0 saturated carbocycles. The zero-order valence-electron chi connectivity index (χ0n) is 19.7. The minimum atomic E-state index is -0.0904. The Morgan fingerprint density at radius 2 is 1.82 bits per heavy atom. The van der Waals surface area contributed by atoms with Crippen LogP contribution in [0, 0.1) is 0 Å². The molecule has 1 aromatic heterocycles. The van der Waals surface area contributed by atoms with E-state index in [1.165, 1.54) is 32.4 Å². The molecule has 4 rings (SSSR count). The van der Waals surface area contributed by atoms with Crippen LogP contribution in [0.4, 0.5) is 5.69 Å². The van der Waals surface area contributed by atoms with E-state index in [0.29, 0.717) is 16.9 Å². The molecule has 2 aromatic carbocycles. The van der Waals surface area contributed by atoms with Crippen LogP contribution < -0.4 is 20.6 Å². The second kappa shape index (κ2) is 10.5. The third-order valence-corrected chi connectivity index (χ3v) is 7.55. The average Bonchev–Trinajstić information content (AvgIpc) is 2.84. The van der Waals surface area contributed by atoms with Gasteiger partial charge in [0.25, 0.3) is 0 Å². The SMILES string of the molecule is COc1cc(OC)c2c(=O)cc(-c3ccc(SCCCN4CCCCC4)c(N)c3)n(C)c2c1. The number of piperidine rings is 1. The molecule has 7 heteroatoms. The van der Waals surface area contributed by atoms with Gasteiger partial charge in [0, 0.05) is 41.4 Å². The van der Waals surface area contributed by atoms with Crippen LogP contribution in [0.5, 0.6) is 11.5 Å². The second-order valence-corrected chi connectivity index (χ2v) is 9.67. The molecule has 0 amide bonds. The molecule has 1 saturated heterocycles. The van der Waals surface area contributed by atoms with Crippen molar-refractivity contribution in [3.63, 3.8) is 0 Å². The minimum Gasteiger partial charge on any atom is -0.497 e. The van der Waals surface area contributed by atoms with Crippen LogP contribution in [0.15, 0.2) is 46.1 Å². The van der Waals surface area contributed by atoms with Gasteiger partial charge in [0.05, 0.1) is 30.8 Å². The van der Waals surface area contributed by atoms with E-state index in [9.17, 15) is 4.79 Å². The number of anilines is 1. The van der Waals surface area contributed by atoms with Crippen molar-refractivity contribution in [2.24, 2.45) is 7.05 Å². The van der Waals surface area contributed by atoms with Gasteiger partial charge in [0.2, 0.25) is 0 Å². The zero-order chi connectivity index (χ0) is 23.4. The van der Waals surface area contributed by atoms with Gasteiger partial charge >= 0.3 is 0 Å². The Hall–Kier alpha value is -2.64. The van der Waals surface area contributed by atoms with Crippen molar-refractivity contribution >= 4 is 28.4 Å². The Balaban J connectivity index is 1.55. The maximum absolute atomic E-state index is 13.0. The Labute approximate surface area is 199 Å². The van der Waals surface area contributed by atoms with E-state index >= 15 is 0 Å². The lowest BCUT2D eigenvalue weighted by Gasteiger charge is -2.26. The smallest absolute Gasteiger partial charge is 0.193 e. The van der Waals surface area contributed by atoms with E-state index in [2.05, 4.69) is 11.0 Å². The molecular formula is C26H33N3O3S. The number of hydrogen-bond donors (Lipinski definition) is 1. The standard InChI is InChI=1S/C26H33N3O3S/c1-28-21(17-23(30)26-22(28)15-19(31-2)16-24(26)32-3)18-8-9-25(20(27)14-18)33-13-7-12-29-10-5-4-6-11-29/h8-9,14-17H,4-7,10-13,27H2,1-3H3. The maximum Gasteiger partial charge on any atom is 0.193 e. The topological polar surface area (TPSA) is 69.7 Å². The quantitative estimate of drug-likeness (QED) is 0.292. The number of rotatable bonds is 8. The Morgan fingerprint density at radius 1 is 1.03 bits per heavy atom. The highest BCUT2D eigenvalue weighted by atomic mass is 32.2. The number of ether oxygens (including phenoxy) is 2. The number of nitrogens with zero attached hydrogens (tertiary/aromatic N) is 2. The molecule has 2 N–H and O–H groups in total. The summed E-state index contributed by atoms with van der Waals surface area (Å²) >= 11 is 1.81. The van der Waals surface area contributed by atoms with Crippen LogP contribution in [0.1, 0.15) is 25.7 Å². The molecule has 3 aromatic rings. The highest BCUT2D eigenvalue weighted by Gasteiger charge is 2.15. The highest BCUT2D eigenvalue weighted by Crippen LogP contribution is 2.34. The average molecular weight is 468 g/mol. The van der Waals surface area contributed by atoms with Gasteiger partial charge in [-0.05, 0) is 56.8 Å². The van der Waals surface area contributed by atoms with Crippen molar-refractivity contribution in [1.29, 1.82) is 0 Å². The second-order valence-electron chi connectivity index (χ2n) is 8.53. The van der Waals surface area contributed by atoms with E-state index in [4.69, 9.17) is 15.2 Å². The summed E-state index contributed by atoms with van der Waals surface area (Å²) < 4.78 is 12.8. The number of benzene rings is 2. The lowest BCUT2D eigenvalue weighted by atomic mass is 10.1. The Bertz CT molecular complexity index is 1190. The fourth-order valence-electron chi connectivity index (χ4n) is 4.56. The molecule has 6 nitrogen and oxygen atoms in total. The van der Waals surface area contributed by atoms with Gasteiger partial charge in [-0.1, -0.05) is 12.5 Å². The summed E-state index contributed by atoms with van der Waals surface area (Å²) in [5, 5.41) is 0.540. The molecule has 1 aliphatic rings. The van der Waals surface area contributed by atoms with E-state index in [1.54, 1.807) is 38.1 Å². The van der Waals surface area contributed by atoms with Gasteiger partial charge in [-0.2, -0.15) is 0 Å². The fraction of sp³-hybridized carbons (Fsp3) is 0.423. The number of hydrogen-bond acceptors (Lipinski definition) is 6. The maximum atomic E-state index is 13.0. The molecule has 0 atom stereocenters. The monoisotopic (exact) mass is 467 g/mol. The molecule has 0 radical (unpaired) electrons. The van der Waals surface area contributed by atoms with Gasteiger partial charge in [0.15, 0.2) is 5.43 Å². The van der Waals surface area contributed by atoms with Crippen molar-refractivity contribution in [1.82, 2.24) is 9.47 Å². The van der Waals surface area contributed by atoms with Crippen molar-refractivity contribution in [2.75, 3.05) is 45.3 Å². The lowest BCUT2D eigenvalue weighted by Crippen LogP contribution is -2.30. The van der Waals surface area contributed by atoms with Crippen molar-refractivity contribution in [2.45, 2.75) is 30.6 Å². The zero-order valence-corrected chi connectivity index (χ0v) is 20.5. The van der Waals surface area contributed by atoms with Gasteiger partial charge < -0.3 is 24.7 Å². The Morgan fingerprint density at radius 3 is 2.52 bits per heavy atom. The molecule has 1 fully saturated rings. The molecule has 1 aliphatic heterocycles. The summed E-state index contributed by atoms with van der Waals surface area (Å²) in [6, 6.07) is 11.3. The van der Waals surface area contributed by atoms with Gasteiger partial charge in [0.1, 0.15) is 11.5 Å². The lowest BCUT2D eigenvalue weighted by molar-refractivity contribution is 0.230. The molecule has 0 unspecified atom stereocenters. The van der Waals surface area contributed by atoms with Gasteiger partial charge in [-0.25, -0.2) is 0 Å². The molecule has 2 heterocycles. The minimum absolute atomic E-state index is 0.0904. The number of nitrogens with two attached hydrogens (primary N) is 1. The number of aromatic nitrogens is 1. The van der Waals surface area contributed by atoms with Gasteiger partial charge in [-0.3, -0.25) is 4.79 Å². The fourth-order valence-corrected chi connectivity index (χ4v) is 5.44. The van der Waals surface area contributed by atoms with Gasteiger partial charge in [-0.15, -0.1) is 11.8 Å². The van der Waals surface area contributed by atoms with Crippen molar-refractivity contribution in [3.8, 4) is 22.8 Å². The number of pyridine rings is 1. The van der Waals surface area contributed by atoms with E-state index < -0.39 is 0 Å².